The average Bonchev–Trinajstić information content (AvgIpc) is 2.57. The highest BCUT2D eigenvalue weighted by Crippen LogP contribution is 2.14. The summed E-state index contributed by atoms with van der Waals surface area (Å²) >= 11 is 0. The van der Waals surface area contributed by atoms with Crippen molar-refractivity contribution in [2.24, 2.45) is 0 Å². The van der Waals surface area contributed by atoms with E-state index in [1.807, 2.05) is 25.8 Å². The van der Waals surface area contributed by atoms with Crippen LogP contribution in [0.4, 0.5) is 0 Å². The van der Waals surface area contributed by atoms with Crippen molar-refractivity contribution in [2.45, 2.75) is 26.8 Å². The van der Waals surface area contributed by atoms with Crippen LogP contribution in [0.2, 0.25) is 0 Å². The van der Waals surface area contributed by atoms with Gasteiger partial charge in [-0.1, -0.05) is 5.16 Å². The average molecular weight is 226 g/mol. The third kappa shape index (κ3) is 3.34. The first kappa shape index (κ1) is 12.7. The molecule has 0 aromatic carbocycles. The van der Waals surface area contributed by atoms with E-state index < -0.39 is 0 Å². The van der Waals surface area contributed by atoms with E-state index in [0.29, 0.717) is 13.0 Å². The quantitative estimate of drug-likeness (QED) is 0.708. The molecule has 1 aromatic rings. The number of hydrogen-bond acceptors (Lipinski definition) is 5. The Morgan fingerprint density at radius 1 is 1.50 bits per heavy atom. The van der Waals surface area contributed by atoms with Crippen molar-refractivity contribution < 1.29 is 14.1 Å². The van der Waals surface area contributed by atoms with Crippen molar-refractivity contribution in [1.82, 2.24) is 10.1 Å². The zero-order chi connectivity index (χ0) is 12.1. The Morgan fingerprint density at radius 2 is 2.19 bits per heavy atom. The first-order valence-electron chi connectivity index (χ1n) is 5.21. The predicted molar refractivity (Wildman–Crippen MR) is 58.9 cm³/mol. The van der Waals surface area contributed by atoms with Crippen LogP contribution in [-0.2, 0) is 16.1 Å². The van der Waals surface area contributed by atoms with Crippen molar-refractivity contribution in [3.63, 3.8) is 0 Å². The highest BCUT2D eigenvalue weighted by molar-refractivity contribution is 5.69. The molecule has 0 aliphatic carbocycles. The first-order valence-corrected chi connectivity index (χ1v) is 5.21. The molecule has 0 spiro atoms. The number of aryl methyl sites for hydroxylation is 2. The Kier molecular flexibility index (Phi) is 4.49. The number of nitrogens with zero attached hydrogens (tertiary/aromatic N) is 2. The van der Waals surface area contributed by atoms with E-state index in [9.17, 15) is 4.79 Å². The van der Waals surface area contributed by atoms with Gasteiger partial charge in [0, 0.05) is 18.7 Å². The Labute approximate surface area is 95.4 Å². The van der Waals surface area contributed by atoms with E-state index in [1.54, 1.807) is 0 Å². The summed E-state index contributed by atoms with van der Waals surface area (Å²) in [6.45, 7) is 5.21. The molecule has 0 bridgehead atoms. The summed E-state index contributed by atoms with van der Waals surface area (Å²) < 4.78 is 9.66. The minimum Gasteiger partial charge on any atom is -0.469 e. The molecule has 0 atom stereocenters. The summed E-state index contributed by atoms with van der Waals surface area (Å²) in [7, 11) is 3.35. The van der Waals surface area contributed by atoms with E-state index in [-0.39, 0.29) is 5.97 Å². The molecule has 0 N–H and O–H groups in total. The monoisotopic (exact) mass is 226 g/mol. The second-order valence-corrected chi connectivity index (χ2v) is 3.87. The highest BCUT2D eigenvalue weighted by Gasteiger charge is 2.12. The van der Waals surface area contributed by atoms with Gasteiger partial charge in [-0.2, -0.15) is 0 Å². The van der Waals surface area contributed by atoms with Crippen LogP contribution in [0.25, 0.3) is 0 Å². The Hall–Kier alpha value is -1.36. The van der Waals surface area contributed by atoms with Gasteiger partial charge in [0.2, 0.25) is 0 Å². The molecule has 0 saturated heterocycles. The number of methoxy groups -OCH3 is 1. The molecule has 0 amide bonds. The summed E-state index contributed by atoms with van der Waals surface area (Å²) in [5.41, 5.74) is 2.00. The maximum absolute atomic E-state index is 11.0. The fourth-order valence-electron chi connectivity index (χ4n) is 1.46. The van der Waals surface area contributed by atoms with Crippen LogP contribution >= 0.6 is 0 Å². The highest BCUT2D eigenvalue weighted by atomic mass is 16.5. The van der Waals surface area contributed by atoms with Crippen molar-refractivity contribution in [3.8, 4) is 0 Å². The molecule has 0 unspecified atom stereocenters. The number of ether oxygens (including phenoxy) is 1. The van der Waals surface area contributed by atoms with Crippen molar-refractivity contribution in [2.75, 3.05) is 20.7 Å². The topological polar surface area (TPSA) is 55.6 Å². The van der Waals surface area contributed by atoms with Crippen LogP contribution in [0, 0.1) is 13.8 Å². The third-order valence-corrected chi connectivity index (χ3v) is 2.53. The van der Waals surface area contributed by atoms with Gasteiger partial charge in [0.15, 0.2) is 0 Å². The molecular weight excluding hydrogens is 208 g/mol. The minimum atomic E-state index is -0.189. The molecule has 0 aliphatic heterocycles. The Bertz CT molecular complexity index is 341. The lowest BCUT2D eigenvalue weighted by Crippen LogP contribution is -2.22. The molecule has 5 heteroatoms. The van der Waals surface area contributed by atoms with Crippen LogP contribution < -0.4 is 0 Å². The Balaban J connectivity index is 2.45. The van der Waals surface area contributed by atoms with Gasteiger partial charge in [-0.15, -0.1) is 0 Å². The molecule has 1 aromatic heterocycles. The summed E-state index contributed by atoms with van der Waals surface area (Å²) in [6.07, 6.45) is 0.399. The normalized spacial score (nSPS) is 10.8. The first-order chi connectivity index (χ1) is 7.54. The molecular formula is C11H18N2O3. The maximum Gasteiger partial charge on any atom is 0.306 e. The van der Waals surface area contributed by atoms with Gasteiger partial charge in [-0.25, -0.2) is 0 Å². The number of carbonyl (C=O) groups is 1. The van der Waals surface area contributed by atoms with Gasteiger partial charge in [-0.05, 0) is 20.9 Å². The number of aromatic nitrogens is 1. The largest absolute Gasteiger partial charge is 0.469 e. The Morgan fingerprint density at radius 3 is 2.69 bits per heavy atom. The standard InChI is InChI=1S/C11H18N2O3/c1-8-10(9(2)16-12-8)7-13(3)6-5-11(14)15-4/h5-7H2,1-4H3. The van der Waals surface area contributed by atoms with Crippen LogP contribution in [0.15, 0.2) is 4.52 Å². The molecule has 0 aliphatic rings. The summed E-state index contributed by atoms with van der Waals surface area (Å²) in [6, 6.07) is 0. The molecule has 1 heterocycles. The van der Waals surface area contributed by atoms with E-state index in [2.05, 4.69) is 9.89 Å². The van der Waals surface area contributed by atoms with Gasteiger partial charge in [0.25, 0.3) is 0 Å². The van der Waals surface area contributed by atoms with E-state index in [0.717, 1.165) is 23.6 Å². The van der Waals surface area contributed by atoms with Crippen LogP contribution in [0.1, 0.15) is 23.4 Å². The molecule has 0 fully saturated rings. The fourth-order valence-corrected chi connectivity index (χ4v) is 1.46. The van der Waals surface area contributed by atoms with Gasteiger partial charge < -0.3 is 14.2 Å². The van der Waals surface area contributed by atoms with E-state index >= 15 is 0 Å². The summed E-state index contributed by atoms with van der Waals surface area (Å²) in [4.78, 5) is 13.0. The van der Waals surface area contributed by atoms with Crippen molar-refractivity contribution in [3.05, 3.63) is 17.0 Å². The molecule has 0 radical (unpaired) electrons. The van der Waals surface area contributed by atoms with Gasteiger partial charge in [0.1, 0.15) is 5.76 Å². The second kappa shape index (κ2) is 5.65. The molecule has 16 heavy (non-hydrogen) atoms. The summed E-state index contributed by atoms with van der Waals surface area (Å²) in [5.74, 6) is 0.646. The second-order valence-electron chi connectivity index (χ2n) is 3.87. The van der Waals surface area contributed by atoms with Crippen LogP contribution in [-0.4, -0.2) is 36.7 Å². The number of esters is 1. The smallest absolute Gasteiger partial charge is 0.306 e. The number of hydrogen-bond donors (Lipinski definition) is 0. The lowest BCUT2D eigenvalue weighted by atomic mass is 10.2. The van der Waals surface area contributed by atoms with E-state index in [1.165, 1.54) is 7.11 Å². The molecule has 90 valence electrons. The summed E-state index contributed by atoms with van der Waals surface area (Å²) in [5, 5.41) is 3.89. The lowest BCUT2D eigenvalue weighted by Gasteiger charge is -2.15. The number of rotatable bonds is 5. The minimum absolute atomic E-state index is 0.189. The van der Waals surface area contributed by atoms with Gasteiger partial charge >= 0.3 is 5.97 Å². The van der Waals surface area contributed by atoms with Crippen molar-refractivity contribution in [1.29, 1.82) is 0 Å². The third-order valence-electron chi connectivity index (χ3n) is 2.53. The predicted octanol–water partition coefficient (Wildman–Crippen LogP) is 1.29. The zero-order valence-electron chi connectivity index (χ0n) is 10.2. The molecule has 5 nitrogen and oxygen atoms in total. The SMILES string of the molecule is COC(=O)CCN(C)Cc1c(C)noc1C. The lowest BCUT2D eigenvalue weighted by molar-refractivity contribution is -0.140. The van der Waals surface area contributed by atoms with Gasteiger partial charge in [0.05, 0.1) is 19.2 Å². The number of carbonyl (C=O) groups excluding carboxylic acids is 1. The molecule has 0 saturated carbocycles. The van der Waals surface area contributed by atoms with E-state index in [4.69, 9.17) is 4.52 Å². The zero-order valence-corrected chi connectivity index (χ0v) is 10.2. The van der Waals surface area contributed by atoms with Crippen LogP contribution in [0.3, 0.4) is 0 Å². The fraction of sp³-hybridized carbons (Fsp3) is 0.636. The van der Waals surface area contributed by atoms with Crippen molar-refractivity contribution >= 4 is 5.97 Å². The van der Waals surface area contributed by atoms with Gasteiger partial charge in [-0.3, -0.25) is 4.79 Å². The van der Waals surface area contributed by atoms with Crippen LogP contribution in [0.5, 0.6) is 0 Å². The maximum atomic E-state index is 11.0. The molecule has 1 rings (SSSR count).